The minimum Gasteiger partial charge on any atom is -0.338 e. The molecular weight excluding hydrogens is 304 g/mol. The van der Waals surface area contributed by atoms with E-state index in [1.165, 1.54) is 0 Å². The van der Waals surface area contributed by atoms with E-state index in [4.69, 9.17) is 10.3 Å². The van der Waals surface area contributed by atoms with Crippen molar-refractivity contribution < 1.29 is 9.32 Å². The number of hydrogen-bond donors (Lipinski definition) is 2. The predicted molar refractivity (Wildman–Crippen MR) is 89.3 cm³/mol. The molecule has 2 rings (SSSR count). The van der Waals surface area contributed by atoms with Crippen LogP contribution in [0.4, 0.5) is 5.88 Å². The predicted octanol–water partition coefficient (Wildman–Crippen LogP) is 2.00. The Labute approximate surface area is 138 Å². The van der Waals surface area contributed by atoms with Gasteiger partial charge in [0.2, 0.25) is 11.8 Å². The number of rotatable bonds is 4. The zero-order chi connectivity index (χ0) is 15.7. The maximum Gasteiger partial charge on any atom is 0.240 e. The van der Waals surface area contributed by atoms with Gasteiger partial charge in [-0.2, -0.15) is 0 Å². The summed E-state index contributed by atoms with van der Waals surface area (Å²) >= 11 is 0. The average molecular weight is 331 g/mol. The van der Waals surface area contributed by atoms with E-state index in [1.807, 2.05) is 20.8 Å². The molecule has 0 aliphatic carbocycles. The molecule has 6 nitrogen and oxygen atoms in total. The normalized spacial score (nSPS) is 22.4. The highest BCUT2D eigenvalue weighted by molar-refractivity contribution is 5.91. The van der Waals surface area contributed by atoms with Crippen molar-refractivity contribution in [2.24, 2.45) is 11.1 Å². The summed E-state index contributed by atoms with van der Waals surface area (Å²) in [5.74, 6) is 0.332. The number of nitrogens with zero attached hydrogens (tertiary/aromatic N) is 2. The van der Waals surface area contributed by atoms with Crippen LogP contribution in [0.1, 0.15) is 39.8 Å². The molecule has 1 aromatic rings. The van der Waals surface area contributed by atoms with Gasteiger partial charge in [-0.3, -0.25) is 15.0 Å². The van der Waals surface area contributed by atoms with Crippen LogP contribution in [-0.4, -0.2) is 42.1 Å². The number of amides is 1. The zero-order valence-electron chi connectivity index (χ0n) is 13.8. The average Bonchev–Trinajstić information content (AvgIpc) is 2.97. The van der Waals surface area contributed by atoms with Crippen LogP contribution in [0.25, 0.3) is 0 Å². The monoisotopic (exact) mass is 330 g/mol. The highest BCUT2D eigenvalue weighted by Crippen LogP contribution is 2.28. The summed E-state index contributed by atoms with van der Waals surface area (Å²) in [7, 11) is 0. The van der Waals surface area contributed by atoms with Gasteiger partial charge in [-0.05, 0) is 24.9 Å². The lowest BCUT2D eigenvalue weighted by Gasteiger charge is -2.22. The highest BCUT2D eigenvalue weighted by Gasteiger charge is 2.33. The van der Waals surface area contributed by atoms with E-state index < -0.39 is 0 Å². The largest absolute Gasteiger partial charge is 0.338 e. The van der Waals surface area contributed by atoms with Gasteiger partial charge in [0.1, 0.15) is 0 Å². The van der Waals surface area contributed by atoms with Gasteiger partial charge < -0.3 is 10.3 Å². The lowest BCUT2D eigenvalue weighted by Crippen LogP contribution is -2.35. The summed E-state index contributed by atoms with van der Waals surface area (Å²) in [6.45, 7) is 11.1. The third kappa shape index (κ3) is 4.69. The van der Waals surface area contributed by atoms with Gasteiger partial charge in [0.05, 0.1) is 12.2 Å². The fourth-order valence-electron chi connectivity index (χ4n) is 2.50. The molecular formula is C15H27ClN4O2. The van der Waals surface area contributed by atoms with E-state index >= 15 is 0 Å². The number of nitrogens with two attached hydrogens (primary N) is 1. The van der Waals surface area contributed by atoms with E-state index in [0.29, 0.717) is 19.0 Å². The smallest absolute Gasteiger partial charge is 0.240 e. The SMILES string of the molecule is CC1(CN)CCN(CC(=O)Nc2cc(C(C)(C)C)no2)C1.Cl. The summed E-state index contributed by atoms with van der Waals surface area (Å²) in [6.07, 6.45) is 1.03. The molecule has 1 aliphatic rings. The van der Waals surface area contributed by atoms with Gasteiger partial charge in [-0.1, -0.05) is 32.9 Å². The number of nitrogens with one attached hydrogen (secondary N) is 1. The maximum atomic E-state index is 12.1. The van der Waals surface area contributed by atoms with Crippen LogP contribution in [0, 0.1) is 5.41 Å². The maximum absolute atomic E-state index is 12.1. The van der Waals surface area contributed by atoms with E-state index in [9.17, 15) is 4.79 Å². The first kappa shape index (κ1) is 18.9. The van der Waals surface area contributed by atoms with Crippen LogP contribution >= 0.6 is 12.4 Å². The minimum atomic E-state index is -0.0929. The molecule has 1 aliphatic heterocycles. The quantitative estimate of drug-likeness (QED) is 0.882. The molecule has 1 unspecified atom stereocenters. The first-order valence-electron chi connectivity index (χ1n) is 7.41. The van der Waals surface area contributed by atoms with Crippen molar-refractivity contribution >= 4 is 24.2 Å². The fraction of sp³-hybridized carbons (Fsp3) is 0.733. The number of anilines is 1. The van der Waals surface area contributed by atoms with Crippen LogP contribution in [0.15, 0.2) is 10.6 Å². The van der Waals surface area contributed by atoms with E-state index in [0.717, 1.165) is 25.2 Å². The second kappa shape index (κ2) is 6.98. The topological polar surface area (TPSA) is 84.4 Å². The number of likely N-dealkylation sites (tertiary alicyclic amines) is 1. The molecule has 3 N–H and O–H groups in total. The van der Waals surface area contributed by atoms with Crippen molar-refractivity contribution in [1.29, 1.82) is 0 Å². The van der Waals surface area contributed by atoms with Crippen molar-refractivity contribution in [3.8, 4) is 0 Å². The molecule has 0 spiro atoms. The number of carbonyl (C=O) groups is 1. The van der Waals surface area contributed by atoms with Gasteiger partial charge in [0.25, 0.3) is 0 Å². The Balaban J connectivity index is 0.00000242. The van der Waals surface area contributed by atoms with E-state index in [-0.39, 0.29) is 29.1 Å². The fourth-order valence-corrected chi connectivity index (χ4v) is 2.50. The molecule has 1 amide bonds. The molecule has 1 aromatic heterocycles. The molecule has 0 radical (unpaired) electrons. The number of halogens is 1. The van der Waals surface area contributed by atoms with Crippen LogP contribution in [0.3, 0.4) is 0 Å². The molecule has 126 valence electrons. The summed E-state index contributed by atoms with van der Waals surface area (Å²) in [6, 6.07) is 1.78. The Kier molecular flexibility index (Phi) is 6.01. The molecule has 0 bridgehead atoms. The molecule has 2 heterocycles. The van der Waals surface area contributed by atoms with E-state index in [2.05, 4.69) is 22.3 Å². The van der Waals surface area contributed by atoms with Gasteiger partial charge in [-0.15, -0.1) is 12.4 Å². The van der Waals surface area contributed by atoms with Crippen molar-refractivity contribution in [3.05, 3.63) is 11.8 Å². The van der Waals surface area contributed by atoms with Crippen molar-refractivity contribution in [3.63, 3.8) is 0 Å². The van der Waals surface area contributed by atoms with Gasteiger partial charge in [0.15, 0.2) is 0 Å². The molecule has 1 atom stereocenters. The van der Waals surface area contributed by atoms with Crippen molar-refractivity contribution in [2.75, 3.05) is 31.5 Å². The molecule has 22 heavy (non-hydrogen) atoms. The Morgan fingerprint density at radius 3 is 2.73 bits per heavy atom. The summed E-state index contributed by atoms with van der Waals surface area (Å²) in [4.78, 5) is 14.2. The standard InChI is InChI=1S/C15H26N4O2.ClH/c1-14(2,3)11-7-13(21-18-11)17-12(20)8-19-6-5-15(4,9-16)10-19;/h7H,5-6,8-10,16H2,1-4H3,(H,17,20);1H. The van der Waals surface area contributed by atoms with Gasteiger partial charge in [0, 0.05) is 18.0 Å². The summed E-state index contributed by atoms with van der Waals surface area (Å²) in [5.41, 5.74) is 6.64. The van der Waals surface area contributed by atoms with Gasteiger partial charge in [-0.25, -0.2) is 0 Å². The Morgan fingerprint density at radius 2 is 2.23 bits per heavy atom. The van der Waals surface area contributed by atoms with E-state index in [1.54, 1.807) is 6.07 Å². The lowest BCUT2D eigenvalue weighted by molar-refractivity contribution is -0.117. The lowest BCUT2D eigenvalue weighted by atomic mass is 9.90. The van der Waals surface area contributed by atoms with Crippen LogP contribution < -0.4 is 11.1 Å². The van der Waals surface area contributed by atoms with Crippen LogP contribution in [0.5, 0.6) is 0 Å². The number of aromatic nitrogens is 1. The number of hydrogen-bond acceptors (Lipinski definition) is 5. The van der Waals surface area contributed by atoms with Crippen LogP contribution in [0.2, 0.25) is 0 Å². The first-order chi connectivity index (χ1) is 9.72. The summed E-state index contributed by atoms with van der Waals surface area (Å²) < 4.78 is 5.17. The second-order valence-electron chi connectivity index (χ2n) is 7.35. The first-order valence-corrected chi connectivity index (χ1v) is 7.41. The molecule has 0 aromatic carbocycles. The summed E-state index contributed by atoms with van der Waals surface area (Å²) in [5, 5.41) is 6.75. The van der Waals surface area contributed by atoms with Crippen LogP contribution in [-0.2, 0) is 10.2 Å². The van der Waals surface area contributed by atoms with Crippen molar-refractivity contribution in [2.45, 2.75) is 39.5 Å². The second-order valence-corrected chi connectivity index (χ2v) is 7.35. The molecule has 7 heteroatoms. The highest BCUT2D eigenvalue weighted by atomic mass is 35.5. The molecule has 1 fully saturated rings. The molecule has 1 saturated heterocycles. The van der Waals surface area contributed by atoms with Gasteiger partial charge >= 0.3 is 0 Å². The zero-order valence-corrected chi connectivity index (χ0v) is 14.6. The van der Waals surface area contributed by atoms with Crippen molar-refractivity contribution in [1.82, 2.24) is 10.1 Å². The molecule has 0 saturated carbocycles. The number of carbonyl (C=O) groups excluding carboxylic acids is 1. The third-order valence-corrected chi connectivity index (χ3v) is 4.04. The third-order valence-electron chi connectivity index (χ3n) is 4.04. The Hall–Kier alpha value is -1.11. The minimum absolute atomic E-state index is 0. The Bertz CT molecular complexity index is 512. The Morgan fingerprint density at radius 1 is 1.55 bits per heavy atom.